The van der Waals surface area contributed by atoms with Crippen molar-refractivity contribution < 1.29 is 13.6 Å². The molecule has 0 aromatic heterocycles. The summed E-state index contributed by atoms with van der Waals surface area (Å²) in [5.74, 6) is -0.679. The van der Waals surface area contributed by atoms with Gasteiger partial charge in [0.25, 0.3) is 0 Å². The second-order valence-electron chi connectivity index (χ2n) is 6.48. The molecular weight excluding hydrogens is 348 g/mol. The smallest absolute Gasteiger partial charge is 0.244 e. The van der Waals surface area contributed by atoms with Crippen LogP contribution in [0.15, 0.2) is 54.6 Å². The highest BCUT2D eigenvalue weighted by atomic mass is 19.1. The van der Waals surface area contributed by atoms with E-state index in [4.69, 9.17) is 0 Å². The fraction of sp³-hybridized carbons (Fsp3) is 0.286. The first-order chi connectivity index (χ1) is 13.1. The number of anilines is 1. The third kappa shape index (κ3) is 5.89. The van der Waals surface area contributed by atoms with Crippen LogP contribution in [-0.2, 0) is 4.79 Å². The first-order valence-electron chi connectivity index (χ1n) is 9.04. The van der Waals surface area contributed by atoms with Crippen LogP contribution in [0.25, 0.3) is 6.08 Å². The Bertz CT molecular complexity index is 767. The standard InChI is InChI=1S/C21H23F2N3O/c22-18-4-1-17(2-5-18)3-10-21(27)24-11-12-25-13-15-26(16-14-25)20-8-6-19(23)7-9-20/h1-10H,11-16H2,(H,24,27). The highest BCUT2D eigenvalue weighted by Gasteiger charge is 2.16. The van der Waals surface area contributed by atoms with Crippen LogP contribution in [0.3, 0.4) is 0 Å². The number of carbonyl (C=O) groups is 1. The van der Waals surface area contributed by atoms with E-state index in [1.807, 2.05) is 0 Å². The van der Waals surface area contributed by atoms with Gasteiger partial charge < -0.3 is 10.2 Å². The quantitative estimate of drug-likeness (QED) is 0.793. The second-order valence-corrected chi connectivity index (χ2v) is 6.48. The number of carbonyl (C=O) groups excluding carboxylic acids is 1. The predicted octanol–water partition coefficient (Wildman–Crippen LogP) is 2.92. The molecule has 1 saturated heterocycles. The lowest BCUT2D eigenvalue weighted by Crippen LogP contribution is -2.48. The topological polar surface area (TPSA) is 35.6 Å². The molecule has 0 aliphatic carbocycles. The van der Waals surface area contributed by atoms with E-state index >= 15 is 0 Å². The van der Waals surface area contributed by atoms with Gasteiger partial charge >= 0.3 is 0 Å². The predicted molar refractivity (Wildman–Crippen MR) is 103 cm³/mol. The number of piperazine rings is 1. The summed E-state index contributed by atoms with van der Waals surface area (Å²) in [6.07, 6.45) is 3.12. The molecule has 1 amide bonds. The number of hydrogen-bond donors (Lipinski definition) is 1. The summed E-state index contributed by atoms with van der Waals surface area (Å²) in [5.41, 5.74) is 1.82. The zero-order valence-corrected chi connectivity index (χ0v) is 15.1. The normalized spacial score (nSPS) is 15.3. The van der Waals surface area contributed by atoms with E-state index in [0.29, 0.717) is 6.54 Å². The van der Waals surface area contributed by atoms with E-state index in [0.717, 1.165) is 44.0 Å². The molecule has 27 heavy (non-hydrogen) atoms. The molecule has 0 spiro atoms. The van der Waals surface area contributed by atoms with Crippen LogP contribution >= 0.6 is 0 Å². The molecule has 0 atom stereocenters. The van der Waals surface area contributed by atoms with E-state index in [9.17, 15) is 13.6 Å². The van der Waals surface area contributed by atoms with Crippen molar-refractivity contribution in [2.75, 3.05) is 44.2 Å². The number of rotatable bonds is 6. The summed E-state index contributed by atoms with van der Waals surface area (Å²) in [6.45, 7) is 4.92. The first kappa shape index (κ1) is 19.0. The fourth-order valence-electron chi connectivity index (χ4n) is 3.02. The largest absolute Gasteiger partial charge is 0.369 e. The Labute approximate surface area is 158 Å². The average molecular weight is 371 g/mol. The lowest BCUT2D eigenvalue weighted by molar-refractivity contribution is -0.116. The fourth-order valence-corrected chi connectivity index (χ4v) is 3.02. The maximum atomic E-state index is 13.0. The number of hydrogen-bond acceptors (Lipinski definition) is 3. The van der Waals surface area contributed by atoms with E-state index in [1.165, 1.54) is 30.3 Å². The summed E-state index contributed by atoms with van der Waals surface area (Å²) >= 11 is 0. The van der Waals surface area contributed by atoms with Crippen molar-refractivity contribution in [3.63, 3.8) is 0 Å². The van der Waals surface area contributed by atoms with Crippen LogP contribution in [0.2, 0.25) is 0 Å². The highest BCUT2D eigenvalue weighted by molar-refractivity contribution is 5.91. The average Bonchev–Trinajstić information content (AvgIpc) is 2.69. The zero-order valence-electron chi connectivity index (χ0n) is 15.1. The number of halogens is 2. The lowest BCUT2D eigenvalue weighted by Gasteiger charge is -2.36. The minimum Gasteiger partial charge on any atom is -0.369 e. The van der Waals surface area contributed by atoms with E-state index < -0.39 is 0 Å². The summed E-state index contributed by atoms with van der Waals surface area (Å²) in [6, 6.07) is 12.6. The Balaban J connectivity index is 1.35. The Kier molecular flexibility index (Phi) is 6.54. The van der Waals surface area contributed by atoms with Crippen molar-refractivity contribution in [1.29, 1.82) is 0 Å². The molecule has 1 aliphatic rings. The highest BCUT2D eigenvalue weighted by Crippen LogP contribution is 2.16. The molecular formula is C21H23F2N3O. The molecule has 1 N–H and O–H groups in total. The molecule has 0 unspecified atom stereocenters. The minimum atomic E-state index is -0.295. The summed E-state index contributed by atoms with van der Waals surface area (Å²) < 4.78 is 25.8. The van der Waals surface area contributed by atoms with Crippen LogP contribution in [0.5, 0.6) is 0 Å². The van der Waals surface area contributed by atoms with Crippen LogP contribution in [0.4, 0.5) is 14.5 Å². The lowest BCUT2D eigenvalue weighted by atomic mass is 10.2. The van der Waals surface area contributed by atoms with E-state index in [2.05, 4.69) is 15.1 Å². The van der Waals surface area contributed by atoms with Gasteiger partial charge in [-0.2, -0.15) is 0 Å². The molecule has 6 heteroatoms. The molecule has 1 aliphatic heterocycles. The van der Waals surface area contributed by atoms with Gasteiger partial charge in [0.2, 0.25) is 5.91 Å². The third-order valence-electron chi connectivity index (χ3n) is 4.59. The van der Waals surface area contributed by atoms with Crippen LogP contribution < -0.4 is 10.2 Å². The molecule has 0 bridgehead atoms. The SMILES string of the molecule is O=C(C=Cc1ccc(F)cc1)NCCN1CCN(c2ccc(F)cc2)CC1. The van der Waals surface area contributed by atoms with Crippen molar-refractivity contribution in [1.82, 2.24) is 10.2 Å². The summed E-state index contributed by atoms with van der Waals surface area (Å²) in [7, 11) is 0. The van der Waals surface area contributed by atoms with Crippen LogP contribution in [0.1, 0.15) is 5.56 Å². The van der Waals surface area contributed by atoms with E-state index in [-0.39, 0.29) is 17.5 Å². The number of amides is 1. The van der Waals surface area contributed by atoms with Gasteiger partial charge in [0.05, 0.1) is 0 Å². The monoisotopic (exact) mass is 371 g/mol. The van der Waals surface area contributed by atoms with Gasteiger partial charge in [-0.1, -0.05) is 12.1 Å². The van der Waals surface area contributed by atoms with Crippen molar-refractivity contribution in [3.05, 3.63) is 71.8 Å². The Morgan fingerprint density at radius 1 is 0.926 bits per heavy atom. The molecule has 4 nitrogen and oxygen atoms in total. The maximum absolute atomic E-state index is 13.0. The number of nitrogens with one attached hydrogen (secondary N) is 1. The molecule has 2 aromatic rings. The molecule has 0 saturated carbocycles. The van der Waals surface area contributed by atoms with Gasteiger partial charge in [-0.25, -0.2) is 8.78 Å². The van der Waals surface area contributed by atoms with Crippen molar-refractivity contribution in [3.8, 4) is 0 Å². The second kappa shape index (κ2) is 9.28. The molecule has 0 radical (unpaired) electrons. The third-order valence-corrected chi connectivity index (χ3v) is 4.59. The van der Waals surface area contributed by atoms with Gasteiger partial charge in [-0.05, 0) is 48.0 Å². The summed E-state index contributed by atoms with van der Waals surface area (Å²) in [4.78, 5) is 16.4. The minimum absolute atomic E-state index is 0.163. The molecule has 3 rings (SSSR count). The van der Waals surface area contributed by atoms with Crippen molar-refractivity contribution in [2.45, 2.75) is 0 Å². The van der Waals surface area contributed by atoms with Crippen LogP contribution in [0, 0.1) is 11.6 Å². The van der Waals surface area contributed by atoms with Crippen molar-refractivity contribution >= 4 is 17.7 Å². The molecule has 1 fully saturated rings. The zero-order chi connectivity index (χ0) is 19.1. The van der Waals surface area contributed by atoms with Gasteiger partial charge in [-0.15, -0.1) is 0 Å². The van der Waals surface area contributed by atoms with Crippen molar-refractivity contribution in [2.24, 2.45) is 0 Å². The first-order valence-corrected chi connectivity index (χ1v) is 9.04. The van der Waals surface area contributed by atoms with E-state index in [1.54, 1.807) is 30.3 Å². The number of benzene rings is 2. The molecule has 142 valence electrons. The summed E-state index contributed by atoms with van der Waals surface area (Å²) in [5, 5.41) is 2.86. The van der Waals surface area contributed by atoms with Gasteiger partial charge in [0, 0.05) is 51.0 Å². The Morgan fingerprint density at radius 3 is 2.15 bits per heavy atom. The van der Waals surface area contributed by atoms with Gasteiger partial charge in [0.15, 0.2) is 0 Å². The Morgan fingerprint density at radius 2 is 1.52 bits per heavy atom. The van der Waals surface area contributed by atoms with Crippen LogP contribution in [-0.4, -0.2) is 50.1 Å². The van der Waals surface area contributed by atoms with Gasteiger partial charge in [-0.3, -0.25) is 9.69 Å². The Hall–Kier alpha value is -2.73. The number of nitrogens with zero attached hydrogens (tertiary/aromatic N) is 2. The molecule has 1 heterocycles. The molecule has 2 aromatic carbocycles. The maximum Gasteiger partial charge on any atom is 0.244 e. The van der Waals surface area contributed by atoms with Gasteiger partial charge in [0.1, 0.15) is 11.6 Å².